The van der Waals surface area contributed by atoms with Crippen molar-refractivity contribution in [2.75, 3.05) is 12.4 Å². The SMILES string of the molecule is CCS(=O)(=O)c1cccnc1-c1ccc(OCC(C)(F)F)c(Cl)n1. The van der Waals surface area contributed by atoms with E-state index >= 15 is 0 Å². The van der Waals surface area contributed by atoms with Crippen LogP contribution in [0.4, 0.5) is 8.78 Å². The van der Waals surface area contributed by atoms with Gasteiger partial charge in [0.1, 0.15) is 5.69 Å². The predicted molar refractivity (Wildman–Crippen MR) is 86.3 cm³/mol. The molecular weight excluding hydrogens is 362 g/mol. The maximum absolute atomic E-state index is 12.8. The number of halogens is 3. The van der Waals surface area contributed by atoms with Crippen LogP contribution in [0.15, 0.2) is 35.4 Å². The third kappa shape index (κ3) is 4.39. The molecule has 2 aromatic heterocycles. The fraction of sp³-hybridized carbons (Fsp3) is 0.333. The van der Waals surface area contributed by atoms with Crippen molar-refractivity contribution in [1.82, 2.24) is 9.97 Å². The summed E-state index contributed by atoms with van der Waals surface area (Å²) >= 11 is 5.95. The average molecular weight is 377 g/mol. The van der Waals surface area contributed by atoms with Crippen molar-refractivity contribution >= 4 is 21.4 Å². The van der Waals surface area contributed by atoms with Crippen LogP contribution in [0.25, 0.3) is 11.4 Å². The van der Waals surface area contributed by atoms with E-state index < -0.39 is 22.4 Å². The molecular formula is C15H15ClF2N2O3S. The van der Waals surface area contributed by atoms with E-state index in [-0.39, 0.29) is 32.9 Å². The molecule has 2 heterocycles. The minimum absolute atomic E-state index is 0.0160. The number of ether oxygens (including phenoxy) is 1. The van der Waals surface area contributed by atoms with Crippen molar-refractivity contribution in [3.8, 4) is 17.1 Å². The number of pyridine rings is 2. The fourth-order valence-corrected chi connectivity index (χ4v) is 3.11. The Morgan fingerprint density at radius 2 is 2.00 bits per heavy atom. The van der Waals surface area contributed by atoms with Gasteiger partial charge in [-0.05, 0) is 24.3 Å². The Bertz CT molecular complexity index is 839. The summed E-state index contributed by atoms with van der Waals surface area (Å²) in [4.78, 5) is 8.11. The van der Waals surface area contributed by atoms with Gasteiger partial charge in [-0.15, -0.1) is 0 Å². The first kappa shape index (κ1) is 18.5. The molecule has 0 spiro atoms. The van der Waals surface area contributed by atoms with Gasteiger partial charge in [0, 0.05) is 13.1 Å². The molecule has 0 aromatic carbocycles. The molecule has 0 radical (unpaired) electrons. The van der Waals surface area contributed by atoms with Gasteiger partial charge in [0.05, 0.1) is 16.3 Å². The highest BCUT2D eigenvalue weighted by atomic mass is 35.5. The van der Waals surface area contributed by atoms with Crippen molar-refractivity contribution in [3.05, 3.63) is 35.6 Å². The van der Waals surface area contributed by atoms with Crippen LogP contribution in [0, 0.1) is 0 Å². The first-order valence-corrected chi connectivity index (χ1v) is 9.02. The van der Waals surface area contributed by atoms with E-state index in [4.69, 9.17) is 16.3 Å². The van der Waals surface area contributed by atoms with E-state index in [0.29, 0.717) is 0 Å². The molecule has 0 aliphatic heterocycles. The summed E-state index contributed by atoms with van der Waals surface area (Å²) in [5.41, 5.74) is 0.358. The van der Waals surface area contributed by atoms with Gasteiger partial charge in [0.15, 0.2) is 27.3 Å². The number of hydrogen-bond acceptors (Lipinski definition) is 5. The van der Waals surface area contributed by atoms with Gasteiger partial charge in [-0.25, -0.2) is 22.2 Å². The minimum atomic E-state index is -3.51. The van der Waals surface area contributed by atoms with Crippen molar-refractivity contribution in [2.24, 2.45) is 0 Å². The molecule has 9 heteroatoms. The molecule has 0 saturated heterocycles. The first-order valence-electron chi connectivity index (χ1n) is 6.99. The Kier molecular flexibility index (Phi) is 5.39. The quantitative estimate of drug-likeness (QED) is 0.720. The summed E-state index contributed by atoms with van der Waals surface area (Å²) in [6.07, 6.45) is 1.43. The lowest BCUT2D eigenvalue weighted by Crippen LogP contribution is -2.21. The van der Waals surface area contributed by atoms with Crippen LogP contribution in [0.2, 0.25) is 5.15 Å². The van der Waals surface area contributed by atoms with Gasteiger partial charge in [0.2, 0.25) is 0 Å². The lowest BCUT2D eigenvalue weighted by atomic mass is 10.2. The largest absolute Gasteiger partial charge is 0.484 e. The van der Waals surface area contributed by atoms with Crippen molar-refractivity contribution in [3.63, 3.8) is 0 Å². The highest BCUT2D eigenvalue weighted by Gasteiger charge is 2.24. The zero-order valence-corrected chi connectivity index (χ0v) is 14.5. The van der Waals surface area contributed by atoms with Crippen LogP contribution in [0.3, 0.4) is 0 Å². The second-order valence-electron chi connectivity index (χ2n) is 5.10. The summed E-state index contributed by atoms with van der Waals surface area (Å²) in [5.74, 6) is -3.12. The maximum Gasteiger partial charge on any atom is 0.278 e. The molecule has 0 atom stereocenters. The number of alkyl halides is 2. The Hall–Kier alpha value is -1.80. The van der Waals surface area contributed by atoms with E-state index in [2.05, 4.69) is 9.97 Å². The number of rotatable bonds is 6. The Balaban J connectivity index is 2.40. The van der Waals surface area contributed by atoms with E-state index in [9.17, 15) is 17.2 Å². The molecule has 0 unspecified atom stereocenters. The first-order chi connectivity index (χ1) is 11.1. The number of hydrogen-bond donors (Lipinski definition) is 0. The molecule has 5 nitrogen and oxygen atoms in total. The highest BCUT2D eigenvalue weighted by Crippen LogP contribution is 2.30. The van der Waals surface area contributed by atoms with Crippen LogP contribution in [-0.2, 0) is 9.84 Å². The van der Waals surface area contributed by atoms with Crippen LogP contribution in [-0.4, -0.2) is 36.7 Å². The molecule has 24 heavy (non-hydrogen) atoms. The summed E-state index contributed by atoms with van der Waals surface area (Å²) in [5, 5.41) is -0.151. The van der Waals surface area contributed by atoms with E-state index in [1.165, 1.54) is 37.4 Å². The van der Waals surface area contributed by atoms with Gasteiger partial charge >= 0.3 is 0 Å². The molecule has 2 rings (SSSR count). The molecule has 0 amide bonds. The topological polar surface area (TPSA) is 69.2 Å². The molecule has 0 N–H and O–H groups in total. The molecule has 0 aliphatic rings. The van der Waals surface area contributed by atoms with Crippen LogP contribution < -0.4 is 4.74 Å². The molecule has 0 fully saturated rings. The van der Waals surface area contributed by atoms with Crippen LogP contribution in [0.5, 0.6) is 5.75 Å². The van der Waals surface area contributed by atoms with Crippen LogP contribution >= 0.6 is 11.6 Å². The smallest absolute Gasteiger partial charge is 0.278 e. The molecule has 0 aliphatic carbocycles. The number of sulfone groups is 1. The summed E-state index contributed by atoms with van der Waals surface area (Å²) in [7, 11) is -3.51. The van der Waals surface area contributed by atoms with Gasteiger partial charge < -0.3 is 4.74 Å². The third-order valence-electron chi connectivity index (χ3n) is 3.02. The average Bonchev–Trinajstić information content (AvgIpc) is 2.53. The normalized spacial score (nSPS) is 12.2. The Morgan fingerprint density at radius 3 is 2.58 bits per heavy atom. The van der Waals surface area contributed by atoms with E-state index in [0.717, 1.165) is 6.92 Å². The summed E-state index contributed by atoms with van der Waals surface area (Å²) in [6.45, 7) is 1.40. The second kappa shape index (κ2) is 6.98. The molecule has 0 bridgehead atoms. The van der Waals surface area contributed by atoms with Gasteiger partial charge in [-0.1, -0.05) is 18.5 Å². The lowest BCUT2D eigenvalue weighted by Gasteiger charge is -2.13. The predicted octanol–water partition coefficient (Wildman–Crippen LogP) is 3.62. The molecule has 0 saturated carbocycles. The summed E-state index contributed by atoms with van der Waals surface area (Å²) < 4.78 is 54.9. The number of aromatic nitrogens is 2. The van der Waals surface area contributed by atoms with Crippen molar-refractivity contribution < 1.29 is 21.9 Å². The third-order valence-corrected chi connectivity index (χ3v) is 5.05. The fourth-order valence-electron chi connectivity index (χ4n) is 1.85. The summed E-state index contributed by atoms with van der Waals surface area (Å²) in [6, 6.07) is 5.72. The minimum Gasteiger partial charge on any atom is -0.484 e. The zero-order chi connectivity index (χ0) is 18.0. The van der Waals surface area contributed by atoms with Crippen molar-refractivity contribution in [1.29, 1.82) is 0 Å². The van der Waals surface area contributed by atoms with Gasteiger partial charge in [-0.3, -0.25) is 4.98 Å². The zero-order valence-electron chi connectivity index (χ0n) is 13.0. The highest BCUT2D eigenvalue weighted by molar-refractivity contribution is 7.91. The van der Waals surface area contributed by atoms with Gasteiger partial charge in [-0.2, -0.15) is 0 Å². The lowest BCUT2D eigenvalue weighted by molar-refractivity contribution is -0.0230. The van der Waals surface area contributed by atoms with Gasteiger partial charge in [0.25, 0.3) is 5.92 Å². The Labute approximate surface area is 143 Å². The van der Waals surface area contributed by atoms with E-state index in [1.54, 1.807) is 0 Å². The molecule has 130 valence electrons. The van der Waals surface area contributed by atoms with Crippen LogP contribution in [0.1, 0.15) is 13.8 Å². The second-order valence-corrected chi connectivity index (χ2v) is 7.70. The monoisotopic (exact) mass is 376 g/mol. The Morgan fingerprint density at radius 1 is 1.29 bits per heavy atom. The standard InChI is InChI=1S/C15H15ClF2N2O3S/c1-3-24(21,22)12-5-4-8-19-13(12)10-6-7-11(14(16)20-10)23-9-15(2,17)18/h4-8H,3,9H2,1-2H3. The van der Waals surface area contributed by atoms with Crippen molar-refractivity contribution in [2.45, 2.75) is 24.7 Å². The maximum atomic E-state index is 12.8. The molecule has 2 aromatic rings. The number of nitrogens with zero attached hydrogens (tertiary/aromatic N) is 2. The van der Waals surface area contributed by atoms with E-state index in [1.807, 2.05) is 0 Å².